The molecule has 1 aromatic rings. The van der Waals surface area contributed by atoms with Crippen molar-refractivity contribution >= 4 is 11.5 Å². The van der Waals surface area contributed by atoms with Crippen molar-refractivity contribution in [1.82, 2.24) is 4.98 Å². The summed E-state index contributed by atoms with van der Waals surface area (Å²) in [5.41, 5.74) is 1.09. The van der Waals surface area contributed by atoms with E-state index in [1.807, 2.05) is 6.20 Å². The van der Waals surface area contributed by atoms with Gasteiger partial charge in [0.2, 0.25) is 0 Å². The van der Waals surface area contributed by atoms with Crippen molar-refractivity contribution in [2.75, 3.05) is 36.5 Å². The fraction of sp³-hybridized carbons (Fsp3) is 0.667. The predicted molar refractivity (Wildman–Crippen MR) is 79.8 cm³/mol. The third-order valence-electron chi connectivity index (χ3n) is 3.90. The Morgan fingerprint density at radius 2 is 2.21 bits per heavy atom. The highest BCUT2D eigenvalue weighted by molar-refractivity contribution is 5.49. The Morgan fingerprint density at radius 3 is 2.74 bits per heavy atom. The van der Waals surface area contributed by atoms with Crippen molar-refractivity contribution < 1.29 is 4.74 Å². The van der Waals surface area contributed by atoms with Crippen molar-refractivity contribution in [2.45, 2.75) is 33.2 Å². The van der Waals surface area contributed by atoms with E-state index in [4.69, 9.17) is 4.74 Å². The summed E-state index contributed by atoms with van der Waals surface area (Å²) in [5.74, 6) is 1.66. The smallest absolute Gasteiger partial charge is 0.128 e. The minimum Gasteiger partial charge on any atom is -0.381 e. The SMILES string of the molecule is CCN(CC)c1ccc(NC(C)C2CCOC2)cn1. The van der Waals surface area contributed by atoms with E-state index in [2.05, 4.69) is 48.1 Å². The molecular weight excluding hydrogens is 238 g/mol. The molecule has 0 aromatic carbocycles. The Labute approximate surface area is 116 Å². The fourth-order valence-corrected chi connectivity index (χ4v) is 2.53. The molecule has 19 heavy (non-hydrogen) atoms. The van der Waals surface area contributed by atoms with Crippen molar-refractivity contribution in [3.63, 3.8) is 0 Å². The zero-order valence-electron chi connectivity index (χ0n) is 12.2. The maximum Gasteiger partial charge on any atom is 0.128 e. The second-order valence-electron chi connectivity index (χ2n) is 5.13. The van der Waals surface area contributed by atoms with Crippen LogP contribution in [0.5, 0.6) is 0 Å². The molecule has 2 unspecified atom stereocenters. The standard InChI is InChI=1S/C15H25N3O/c1-4-18(5-2)15-7-6-14(10-16-15)17-12(3)13-8-9-19-11-13/h6-7,10,12-13,17H,4-5,8-9,11H2,1-3H3. The maximum atomic E-state index is 5.43. The van der Waals surface area contributed by atoms with E-state index in [-0.39, 0.29) is 0 Å². The number of hydrogen-bond donors (Lipinski definition) is 1. The summed E-state index contributed by atoms with van der Waals surface area (Å²) < 4.78 is 5.43. The lowest BCUT2D eigenvalue weighted by atomic mass is 10.0. The van der Waals surface area contributed by atoms with E-state index in [1.165, 1.54) is 0 Å². The summed E-state index contributed by atoms with van der Waals surface area (Å²) in [4.78, 5) is 6.78. The number of anilines is 2. The zero-order valence-corrected chi connectivity index (χ0v) is 12.2. The first-order valence-electron chi connectivity index (χ1n) is 7.29. The van der Waals surface area contributed by atoms with Gasteiger partial charge in [-0.2, -0.15) is 0 Å². The lowest BCUT2D eigenvalue weighted by Crippen LogP contribution is -2.26. The van der Waals surface area contributed by atoms with Gasteiger partial charge >= 0.3 is 0 Å². The third kappa shape index (κ3) is 3.60. The first-order chi connectivity index (χ1) is 9.24. The highest BCUT2D eigenvalue weighted by atomic mass is 16.5. The average Bonchev–Trinajstić information content (AvgIpc) is 2.96. The van der Waals surface area contributed by atoms with Crippen LogP contribution in [0.4, 0.5) is 11.5 Å². The fourth-order valence-electron chi connectivity index (χ4n) is 2.53. The van der Waals surface area contributed by atoms with Crippen molar-refractivity contribution in [3.8, 4) is 0 Å². The number of nitrogens with one attached hydrogen (secondary N) is 1. The van der Waals surface area contributed by atoms with Gasteiger partial charge in [-0.15, -0.1) is 0 Å². The van der Waals surface area contributed by atoms with Crippen molar-refractivity contribution in [2.24, 2.45) is 5.92 Å². The molecule has 0 amide bonds. The molecule has 1 aliphatic heterocycles. The molecule has 0 spiro atoms. The van der Waals surface area contributed by atoms with Gasteiger partial charge < -0.3 is 15.0 Å². The second kappa shape index (κ2) is 6.75. The van der Waals surface area contributed by atoms with E-state index in [1.54, 1.807) is 0 Å². The molecule has 1 saturated heterocycles. The number of rotatable bonds is 6. The van der Waals surface area contributed by atoms with E-state index in [9.17, 15) is 0 Å². The summed E-state index contributed by atoms with van der Waals surface area (Å²) in [5, 5.41) is 3.52. The molecule has 4 nitrogen and oxygen atoms in total. The van der Waals surface area contributed by atoms with E-state index >= 15 is 0 Å². The number of hydrogen-bond acceptors (Lipinski definition) is 4. The Bertz CT molecular complexity index is 369. The van der Waals surface area contributed by atoms with E-state index < -0.39 is 0 Å². The number of ether oxygens (including phenoxy) is 1. The van der Waals surface area contributed by atoms with Gasteiger partial charge in [0.05, 0.1) is 18.5 Å². The van der Waals surface area contributed by atoms with Gasteiger partial charge in [0.25, 0.3) is 0 Å². The van der Waals surface area contributed by atoms with Crippen LogP contribution in [0.3, 0.4) is 0 Å². The van der Waals surface area contributed by atoms with Gasteiger partial charge in [-0.1, -0.05) is 0 Å². The lowest BCUT2D eigenvalue weighted by Gasteiger charge is -2.22. The van der Waals surface area contributed by atoms with E-state index in [0.717, 1.165) is 44.2 Å². The largest absolute Gasteiger partial charge is 0.381 e. The van der Waals surface area contributed by atoms with Crippen molar-refractivity contribution in [1.29, 1.82) is 0 Å². The van der Waals surface area contributed by atoms with Crippen LogP contribution in [-0.2, 0) is 4.74 Å². The molecule has 0 bridgehead atoms. The molecule has 1 aliphatic rings. The zero-order chi connectivity index (χ0) is 13.7. The second-order valence-corrected chi connectivity index (χ2v) is 5.13. The Balaban J connectivity index is 1.94. The highest BCUT2D eigenvalue weighted by Gasteiger charge is 2.22. The van der Waals surface area contributed by atoms with Crippen LogP contribution < -0.4 is 10.2 Å². The number of aromatic nitrogens is 1. The molecule has 2 rings (SSSR count). The van der Waals surface area contributed by atoms with Crippen LogP contribution in [-0.4, -0.2) is 37.3 Å². The molecule has 1 aromatic heterocycles. The van der Waals surface area contributed by atoms with Crippen LogP contribution in [0.15, 0.2) is 18.3 Å². The Morgan fingerprint density at radius 1 is 1.42 bits per heavy atom. The highest BCUT2D eigenvalue weighted by Crippen LogP contribution is 2.21. The van der Waals surface area contributed by atoms with Crippen molar-refractivity contribution in [3.05, 3.63) is 18.3 Å². The number of nitrogens with zero attached hydrogens (tertiary/aromatic N) is 2. The molecule has 2 atom stereocenters. The summed E-state index contributed by atoms with van der Waals surface area (Å²) in [6.45, 7) is 10.3. The summed E-state index contributed by atoms with van der Waals surface area (Å²) in [6, 6.07) is 4.64. The van der Waals surface area contributed by atoms with Gasteiger partial charge in [0, 0.05) is 31.7 Å². The molecule has 1 fully saturated rings. The number of pyridine rings is 1. The third-order valence-corrected chi connectivity index (χ3v) is 3.90. The van der Waals surface area contributed by atoms with Gasteiger partial charge in [0.1, 0.15) is 5.82 Å². The van der Waals surface area contributed by atoms with Gasteiger partial charge in [-0.25, -0.2) is 4.98 Å². The van der Waals surface area contributed by atoms with Crippen LogP contribution in [0, 0.1) is 5.92 Å². The van der Waals surface area contributed by atoms with Crippen LogP contribution in [0.1, 0.15) is 27.2 Å². The first kappa shape index (κ1) is 14.1. The molecule has 2 heterocycles. The van der Waals surface area contributed by atoms with Crippen LogP contribution in [0.25, 0.3) is 0 Å². The van der Waals surface area contributed by atoms with Gasteiger partial charge in [-0.3, -0.25) is 0 Å². The Hall–Kier alpha value is -1.29. The summed E-state index contributed by atoms with van der Waals surface area (Å²) in [7, 11) is 0. The molecule has 106 valence electrons. The molecule has 1 N–H and O–H groups in total. The summed E-state index contributed by atoms with van der Waals surface area (Å²) >= 11 is 0. The molecule has 0 aliphatic carbocycles. The van der Waals surface area contributed by atoms with Gasteiger partial charge in [-0.05, 0) is 39.3 Å². The first-order valence-corrected chi connectivity index (χ1v) is 7.29. The quantitative estimate of drug-likeness (QED) is 0.856. The Kier molecular flexibility index (Phi) is 5.02. The summed E-state index contributed by atoms with van der Waals surface area (Å²) in [6.07, 6.45) is 3.08. The average molecular weight is 263 g/mol. The van der Waals surface area contributed by atoms with Crippen LogP contribution in [0.2, 0.25) is 0 Å². The molecule has 0 radical (unpaired) electrons. The minimum atomic E-state index is 0.434. The predicted octanol–water partition coefficient (Wildman–Crippen LogP) is 2.76. The molecular formula is C15H25N3O. The topological polar surface area (TPSA) is 37.4 Å². The van der Waals surface area contributed by atoms with Crippen LogP contribution >= 0.6 is 0 Å². The van der Waals surface area contributed by atoms with E-state index in [0.29, 0.717) is 12.0 Å². The normalized spacial score (nSPS) is 20.3. The minimum absolute atomic E-state index is 0.434. The molecule has 4 heteroatoms. The molecule has 0 saturated carbocycles. The van der Waals surface area contributed by atoms with Gasteiger partial charge in [0.15, 0.2) is 0 Å². The lowest BCUT2D eigenvalue weighted by molar-refractivity contribution is 0.183. The maximum absolute atomic E-state index is 5.43. The monoisotopic (exact) mass is 263 g/mol.